The molecule has 0 unspecified atom stereocenters. The predicted octanol–water partition coefficient (Wildman–Crippen LogP) is 2.41. The van der Waals surface area contributed by atoms with Crippen molar-refractivity contribution in [2.75, 3.05) is 26.2 Å². The molecular formula is C13H28N2O. The summed E-state index contributed by atoms with van der Waals surface area (Å²) < 4.78 is 0. The summed E-state index contributed by atoms with van der Waals surface area (Å²) in [5.41, 5.74) is 0. The van der Waals surface area contributed by atoms with Gasteiger partial charge in [-0.05, 0) is 32.4 Å². The Labute approximate surface area is 101 Å². The minimum absolute atomic E-state index is 0.295. The van der Waals surface area contributed by atoms with E-state index in [4.69, 9.17) is 0 Å². The second-order valence-electron chi connectivity index (χ2n) is 4.19. The molecule has 1 N–H and O–H groups in total. The summed E-state index contributed by atoms with van der Waals surface area (Å²) in [5, 5.41) is 3.37. The van der Waals surface area contributed by atoms with Crippen molar-refractivity contribution < 1.29 is 4.79 Å². The molecule has 0 aromatic heterocycles. The molecule has 0 spiro atoms. The van der Waals surface area contributed by atoms with Crippen LogP contribution >= 0.6 is 0 Å². The van der Waals surface area contributed by atoms with Gasteiger partial charge >= 0.3 is 0 Å². The highest BCUT2D eigenvalue weighted by Crippen LogP contribution is 2.00. The van der Waals surface area contributed by atoms with Crippen LogP contribution in [0.15, 0.2) is 0 Å². The number of hydrogen-bond donors (Lipinski definition) is 1. The summed E-state index contributed by atoms with van der Waals surface area (Å²) in [6.45, 7) is 10.2. The van der Waals surface area contributed by atoms with Crippen LogP contribution in [0.25, 0.3) is 0 Å². The van der Waals surface area contributed by atoms with Gasteiger partial charge < -0.3 is 10.2 Å². The summed E-state index contributed by atoms with van der Waals surface area (Å²) in [4.78, 5) is 13.7. The summed E-state index contributed by atoms with van der Waals surface area (Å²) in [6.07, 6.45) is 5.14. The Morgan fingerprint density at radius 2 is 1.69 bits per heavy atom. The third-order valence-electron chi connectivity index (χ3n) is 2.65. The number of unbranched alkanes of at least 4 members (excludes halogenated alkanes) is 1. The molecule has 3 nitrogen and oxygen atoms in total. The summed E-state index contributed by atoms with van der Waals surface area (Å²) in [6, 6.07) is 0. The highest BCUT2D eigenvalue weighted by molar-refractivity contribution is 5.75. The third-order valence-corrected chi connectivity index (χ3v) is 2.65. The Kier molecular flexibility index (Phi) is 10.5. The number of hydrogen-bond acceptors (Lipinski definition) is 2. The first-order chi connectivity index (χ1) is 7.76. The van der Waals surface area contributed by atoms with E-state index in [0.717, 1.165) is 45.4 Å². The van der Waals surface area contributed by atoms with Gasteiger partial charge in [0.25, 0.3) is 0 Å². The molecule has 0 aromatic carbocycles. The van der Waals surface area contributed by atoms with Gasteiger partial charge in [-0.25, -0.2) is 0 Å². The standard InChI is InChI=1S/C13H28N2O/c1-4-7-11-15(13(16)6-3)12-8-10-14-9-5-2/h14H,4-12H2,1-3H3. The van der Waals surface area contributed by atoms with Gasteiger partial charge in [-0.2, -0.15) is 0 Å². The van der Waals surface area contributed by atoms with Gasteiger partial charge in [0.2, 0.25) is 5.91 Å². The van der Waals surface area contributed by atoms with Crippen LogP contribution in [-0.4, -0.2) is 37.0 Å². The lowest BCUT2D eigenvalue weighted by Crippen LogP contribution is -2.33. The Morgan fingerprint density at radius 1 is 1.00 bits per heavy atom. The summed E-state index contributed by atoms with van der Waals surface area (Å²) >= 11 is 0. The number of nitrogens with one attached hydrogen (secondary N) is 1. The average molecular weight is 228 g/mol. The predicted molar refractivity (Wildman–Crippen MR) is 69.6 cm³/mol. The highest BCUT2D eigenvalue weighted by Gasteiger charge is 2.09. The van der Waals surface area contributed by atoms with E-state index in [1.807, 2.05) is 11.8 Å². The van der Waals surface area contributed by atoms with E-state index in [1.165, 1.54) is 6.42 Å². The van der Waals surface area contributed by atoms with Crippen molar-refractivity contribution in [1.29, 1.82) is 0 Å². The van der Waals surface area contributed by atoms with Crippen LogP contribution in [0, 0.1) is 0 Å². The van der Waals surface area contributed by atoms with Gasteiger partial charge in [0.1, 0.15) is 0 Å². The van der Waals surface area contributed by atoms with Crippen molar-refractivity contribution in [1.82, 2.24) is 10.2 Å². The van der Waals surface area contributed by atoms with Gasteiger partial charge in [-0.1, -0.05) is 27.2 Å². The monoisotopic (exact) mass is 228 g/mol. The fourth-order valence-electron chi connectivity index (χ4n) is 1.63. The van der Waals surface area contributed by atoms with Gasteiger partial charge in [0, 0.05) is 19.5 Å². The number of carbonyl (C=O) groups is 1. The molecule has 0 bridgehead atoms. The molecule has 1 amide bonds. The largest absolute Gasteiger partial charge is 0.343 e. The van der Waals surface area contributed by atoms with Crippen molar-refractivity contribution in [2.24, 2.45) is 0 Å². The lowest BCUT2D eigenvalue weighted by atomic mass is 10.2. The normalized spacial score (nSPS) is 10.4. The van der Waals surface area contributed by atoms with Crippen molar-refractivity contribution in [3.8, 4) is 0 Å². The van der Waals surface area contributed by atoms with Gasteiger partial charge in [0.15, 0.2) is 0 Å². The van der Waals surface area contributed by atoms with Crippen molar-refractivity contribution in [2.45, 2.75) is 52.9 Å². The molecule has 0 aliphatic rings. The van der Waals surface area contributed by atoms with E-state index in [1.54, 1.807) is 0 Å². The van der Waals surface area contributed by atoms with Crippen LogP contribution < -0.4 is 5.32 Å². The number of amides is 1. The summed E-state index contributed by atoms with van der Waals surface area (Å²) in [5.74, 6) is 0.295. The second-order valence-corrected chi connectivity index (χ2v) is 4.19. The molecule has 96 valence electrons. The van der Waals surface area contributed by atoms with E-state index >= 15 is 0 Å². The molecule has 0 saturated carbocycles. The average Bonchev–Trinajstić information content (AvgIpc) is 2.31. The summed E-state index contributed by atoms with van der Waals surface area (Å²) in [7, 11) is 0. The van der Waals surface area contributed by atoms with E-state index in [0.29, 0.717) is 12.3 Å². The van der Waals surface area contributed by atoms with Crippen molar-refractivity contribution >= 4 is 5.91 Å². The van der Waals surface area contributed by atoms with Crippen LogP contribution in [0.4, 0.5) is 0 Å². The van der Waals surface area contributed by atoms with E-state index < -0.39 is 0 Å². The SMILES string of the molecule is CCCCN(CCCNCCC)C(=O)CC. The Balaban J connectivity index is 3.69. The first-order valence-corrected chi connectivity index (χ1v) is 6.74. The second kappa shape index (κ2) is 10.9. The van der Waals surface area contributed by atoms with Crippen molar-refractivity contribution in [3.63, 3.8) is 0 Å². The lowest BCUT2D eigenvalue weighted by molar-refractivity contribution is -0.131. The quantitative estimate of drug-likeness (QED) is 0.582. The van der Waals surface area contributed by atoms with E-state index in [-0.39, 0.29) is 0 Å². The maximum absolute atomic E-state index is 11.6. The molecule has 0 atom stereocenters. The smallest absolute Gasteiger partial charge is 0.222 e. The maximum atomic E-state index is 11.6. The third kappa shape index (κ3) is 7.69. The van der Waals surface area contributed by atoms with Crippen LogP contribution in [0.3, 0.4) is 0 Å². The van der Waals surface area contributed by atoms with Crippen LogP contribution in [-0.2, 0) is 4.79 Å². The fraction of sp³-hybridized carbons (Fsp3) is 0.923. The Morgan fingerprint density at radius 3 is 2.25 bits per heavy atom. The minimum Gasteiger partial charge on any atom is -0.343 e. The van der Waals surface area contributed by atoms with Crippen molar-refractivity contribution in [3.05, 3.63) is 0 Å². The van der Waals surface area contributed by atoms with Crippen LogP contribution in [0.1, 0.15) is 52.9 Å². The molecular weight excluding hydrogens is 200 g/mol. The van der Waals surface area contributed by atoms with E-state index in [2.05, 4.69) is 19.2 Å². The lowest BCUT2D eigenvalue weighted by Gasteiger charge is -2.22. The first kappa shape index (κ1) is 15.4. The van der Waals surface area contributed by atoms with Crippen LogP contribution in [0.5, 0.6) is 0 Å². The van der Waals surface area contributed by atoms with Gasteiger partial charge in [0.05, 0.1) is 0 Å². The van der Waals surface area contributed by atoms with Crippen LogP contribution in [0.2, 0.25) is 0 Å². The molecule has 3 heteroatoms. The number of nitrogens with zero attached hydrogens (tertiary/aromatic N) is 1. The zero-order chi connectivity index (χ0) is 12.2. The molecule has 0 aromatic rings. The zero-order valence-electron chi connectivity index (χ0n) is 11.2. The first-order valence-electron chi connectivity index (χ1n) is 6.74. The maximum Gasteiger partial charge on any atom is 0.222 e. The molecule has 0 aliphatic heterocycles. The topological polar surface area (TPSA) is 32.3 Å². The number of rotatable bonds is 10. The molecule has 0 saturated heterocycles. The molecule has 0 aliphatic carbocycles. The number of carbonyl (C=O) groups excluding carboxylic acids is 1. The molecule has 0 radical (unpaired) electrons. The zero-order valence-corrected chi connectivity index (χ0v) is 11.2. The van der Waals surface area contributed by atoms with Gasteiger partial charge in [-0.15, -0.1) is 0 Å². The molecule has 0 heterocycles. The highest BCUT2D eigenvalue weighted by atomic mass is 16.2. The van der Waals surface area contributed by atoms with Gasteiger partial charge in [-0.3, -0.25) is 4.79 Å². The minimum atomic E-state index is 0.295. The molecule has 0 fully saturated rings. The van der Waals surface area contributed by atoms with E-state index in [9.17, 15) is 4.79 Å². The Bertz CT molecular complexity index is 171. The molecule has 16 heavy (non-hydrogen) atoms. The molecule has 0 rings (SSSR count). The Hall–Kier alpha value is -0.570. The fourth-order valence-corrected chi connectivity index (χ4v) is 1.63.